The van der Waals surface area contributed by atoms with E-state index in [0.717, 1.165) is 11.3 Å². The molecule has 0 fully saturated rings. The number of sulfone groups is 1. The Morgan fingerprint density at radius 2 is 1.73 bits per heavy atom. The van der Waals surface area contributed by atoms with Crippen molar-refractivity contribution in [2.45, 2.75) is 4.90 Å². The van der Waals surface area contributed by atoms with Gasteiger partial charge >= 0.3 is 0 Å². The Morgan fingerprint density at radius 3 is 2.27 bits per heavy atom. The SMILES string of the molecule is C=CCN(/N=C/c1ccccc1)c1ccc(S(C)(=O)=O)cc1. The minimum absolute atomic E-state index is 0.293. The van der Waals surface area contributed by atoms with Crippen LogP contribution in [0.5, 0.6) is 0 Å². The Bertz CT molecular complexity index is 751. The second-order valence-electron chi connectivity index (χ2n) is 4.79. The third-order valence-corrected chi connectivity index (χ3v) is 4.14. The Hall–Kier alpha value is -2.40. The van der Waals surface area contributed by atoms with Crippen molar-refractivity contribution in [3.05, 3.63) is 72.8 Å². The van der Waals surface area contributed by atoms with Gasteiger partial charge in [0, 0.05) is 6.26 Å². The smallest absolute Gasteiger partial charge is 0.175 e. The number of hydrazone groups is 1. The number of hydrogen-bond acceptors (Lipinski definition) is 4. The third-order valence-electron chi connectivity index (χ3n) is 3.01. The molecule has 0 unspecified atom stereocenters. The number of nitrogens with zero attached hydrogens (tertiary/aromatic N) is 2. The second kappa shape index (κ2) is 7.04. The standard InChI is InChI=1S/C17H18N2O2S/c1-3-13-19(18-14-15-7-5-4-6-8-15)16-9-11-17(12-10-16)22(2,20)21/h3-12,14H,1,13H2,2H3/b18-14+. The van der Waals surface area contributed by atoms with Crippen LogP contribution in [0.2, 0.25) is 0 Å². The lowest BCUT2D eigenvalue weighted by molar-refractivity contribution is 0.602. The molecule has 4 nitrogen and oxygen atoms in total. The van der Waals surface area contributed by atoms with E-state index in [1.807, 2.05) is 30.3 Å². The van der Waals surface area contributed by atoms with Gasteiger partial charge in [0.2, 0.25) is 0 Å². The van der Waals surface area contributed by atoms with Gasteiger partial charge < -0.3 is 0 Å². The summed E-state index contributed by atoms with van der Waals surface area (Å²) >= 11 is 0. The fourth-order valence-corrected chi connectivity index (χ4v) is 2.51. The van der Waals surface area contributed by atoms with Gasteiger partial charge in [0.25, 0.3) is 0 Å². The van der Waals surface area contributed by atoms with E-state index < -0.39 is 9.84 Å². The highest BCUT2D eigenvalue weighted by molar-refractivity contribution is 7.90. The molecule has 0 aliphatic heterocycles. The van der Waals surface area contributed by atoms with E-state index >= 15 is 0 Å². The highest BCUT2D eigenvalue weighted by atomic mass is 32.2. The number of hydrogen-bond donors (Lipinski definition) is 0. The van der Waals surface area contributed by atoms with Crippen molar-refractivity contribution in [3.8, 4) is 0 Å². The predicted octanol–water partition coefficient (Wildman–Crippen LogP) is 3.12. The molecule has 0 saturated heterocycles. The molecule has 0 atom stereocenters. The molecule has 0 bridgehead atoms. The van der Waals surface area contributed by atoms with Crippen LogP contribution in [0.4, 0.5) is 5.69 Å². The Labute approximate surface area is 131 Å². The second-order valence-corrected chi connectivity index (χ2v) is 6.81. The lowest BCUT2D eigenvalue weighted by atomic mass is 10.2. The molecule has 0 spiro atoms. The van der Waals surface area contributed by atoms with E-state index in [2.05, 4.69) is 11.7 Å². The van der Waals surface area contributed by atoms with Crippen molar-refractivity contribution in [1.82, 2.24) is 0 Å². The van der Waals surface area contributed by atoms with Gasteiger partial charge in [-0.15, -0.1) is 6.58 Å². The molecule has 0 aliphatic rings. The predicted molar refractivity (Wildman–Crippen MR) is 91.1 cm³/mol. The van der Waals surface area contributed by atoms with Gasteiger partial charge in [-0.3, -0.25) is 5.01 Å². The molecule has 0 heterocycles. The van der Waals surface area contributed by atoms with Crippen molar-refractivity contribution < 1.29 is 8.42 Å². The van der Waals surface area contributed by atoms with E-state index in [0.29, 0.717) is 11.4 Å². The average Bonchev–Trinajstić information content (AvgIpc) is 2.52. The zero-order valence-corrected chi connectivity index (χ0v) is 13.2. The normalized spacial score (nSPS) is 11.5. The molecular weight excluding hydrogens is 296 g/mol. The summed E-state index contributed by atoms with van der Waals surface area (Å²) in [5.74, 6) is 0. The van der Waals surface area contributed by atoms with Crippen LogP contribution in [0.3, 0.4) is 0 Å². The summed E-state index contributed by atoms with van der Waals surface area (Å²) in [7, 11) is -3.19. The molecule has 0 saturated carbocycles. The zero-order valence-electron chi connectivity index (χ0n) is 12.4. The maximum Gasteiger partial charge on any atom is 0.175 e. The Kier molecular flexibility index (Phi) is 5.12. The van der Waals surface area contributed by atoms with Gasteiger partial charge in [-0.2, -0.15) is 5.10 Å². The first-order valence-corrected chi connectivity index (χ1v) is 8.67. The van der Waals surface area contributed by atoms with E-state index in [9.17, 15) is 8.42 Å². The summed E-state index contributed by atoms with van der Waals surface area (Å²) in [6.45, 7) is 4.26. The number of benzene rings is 2. The first-order valence-electron chi connectivity index (χ1n) is 6.78. The molecule has 0 aliphatic carbocycles. The molecule has 0 radical (unpaired) electrons. The molecule has 0 amide bonds. The van der Waals surface area contributed by atoms with Crippen LogP contribution >= 0.6 is 0 Å². The minimum Gasteiger partial charge on any atom is -0.262 e. The molecule has 0 aromatic heterocycles. The van der Waals surface area contributed by atoms with Gasteiger partial charge in [0.05, 0.1) is 23.3 Å². The molecular formula is C17H18N2O2S. The van der Waals surface area contributed by atoms with Crippen LogP contribution < -0.4 is 5.01 Å². The summed E-state index contributed by atoms with van der Waals surface area (Å²) in [6, 6.07) is 16.4. The first-order chi connectivity index (χ1) is 10.5. The molecule has 2 aromatic carbocycles. The van der Waals surface area contributed by atoms with E-state index in [4.69, 9.17) is 0 Å². The largest absolute Gasteiger partial charge is 0.262 e. The minimum atomic E-state index is -3.19. The van der Waals surface area contributed by atoms with E-state index in [-0.39, 0.29) is 0 Å². The highest BCUT2D eigenvalue weighted by Gasteiger charge is 2.08. The maximum absolute atomic E-state index is 11.5. The summed E-state index contributed by atoms with van der Waals surface area (Å²) in [5.41, 5.74) is 1.80. The fourth-order valence-electron chi connectivity index (χ4n) is 1.88. The van der Waals surface area contributed by atoms with Gasteiger partial charge in [0.1, 0.15) is 0 Å². The van der Waals surface area contributed by atoms with E-state index in [1.54, 1.807) is 41.6 Å². The van der Waals surface area contributed by atoms with Gasteiger partial charge in [0.15, 0.2) is 9.84 Å². The van der Waals surface area contributed by atoms with Crippen LogP contribution in [-0.4, -0.2) is 27.4 Å². The first kappa shape index (κ1) is 16.0. The average molecular weight is 314 g/mol. The molecule has 2 rings (SSSR count). The molecule has 114 valence electrons. The molecule has 5 heteroatoms. The zero-order chi connectivity index (χ0) is 16.0. The van der Waals surface area contributed by atoms with Crippen molar-refractivity contribution in [3.63, 3.8) is 0 Å². The topological polar surface area (TPSA) is 49.7 Å². The fraction of sp³-hybridized carbons (Fsp3) is 0.118. The molecule has 0 N–H and O–H groups in total. The van der Waals surface area contributed by atoms with Crippen molar-refractivity contribution in [1.29, 1.82) is 0 Å². The summed E-state index contributed by atoms with van der Waals surface area (Å²) in [5, 5.41) is 6.19. The monoisotopic (exact) mass is 314 g/mol. The van der Waals surface area contributed by atoms with Crippen LogP contribution in [0, 0.1) is 0 Å². The van der Waals surface area contributed by atoms with Gasteiger partial charge in [-0.05, 0) is 29.8 Å². The summed E-state index contributed by atoms with van der Waals surface area (Å²) < 4.78 is 23.0. The summed E-state index contributed by atoms with van der Waals surface area (Å²) in [6.07, 6.45) is 4.69. The quantitative estimate of drug-likeness (QED) is 0.467. The van der Waals surface area contributed by atoms with E-state index in [1.165, 1.54) is 6.26 Å². The Balaban J connectivity index is 2.24. The maximum atomic E-state index is 11.5. The van der Waals surface area contributed by atoms with Crippen LogP contribution in [-0.2, 0) is 9.84 Å². The lowest BCUT2D eigenvalue weighted by Gasteiger charge is -2.17. The van der Waals surface area contributed by atoms with Gasteiger partial charge in [-0.25, -0.2) is 8.42 Å². The highest BCUT2D eigenvalue weighted by Crippen LogP contribution is 2.18. The van der Waals surface area contributed by atoms with Crippen LogP contribution in [0.25, 0.3) is 0 Å². The van der Waals surface area contributed by atoms with Crippen molar-refractivity contribution in [2.75, 3.05) is 17.8 Å². The Morgan fingerprint density at radius 1 is 1.09 bits per heavy atom. The van der Waals surface area contributed by atoms with Crippen molar-refractivity contribution >= 4 is 21.7 Å². The van der Waals surface area contributed by atoms with Crippen LogP contribution in [0.15, 0.2) is 77.2 Å². The van der Waals surface area contributed by atoms with Crippen LogP contribution in [0.1, 0.15) is 5.56 Å². The van der Waals surface area contributed by atoms with Gasteiger partial charge in [-0.1, -0.05) is 36.4 Å². The molecule has 22 heavy (non-hydrogen) atoms. The third kappa shape index (κ3) is 4.30. The molecule has 2 aromatic rings. The lowest BCUT2D eigenvalue weighted by Crippen LogP contribution is -2.16. The number of anilines is 1. The summed E-state index contributed by atoms with van der Waals surface area (Å²) in [4.78, 5) is 0.293. The van der Waals surface area contributed by atoms with Crippen molar-refractivity contribution in [2.24, 2.45) is 5.10 Å². The number of rotatable bonds is 6.